The summed E-state index contributed by atoms with van der Waals surface area (Å²) in [6.07, 6.45) is 3.28. The zero-order valence-corrected chi connectivity index (χ0v) is 19.1. The number of fused-ring (bicyclic) bond motifs is 1. The third kappa shape index (κ3) is 5.13. The average Bonchev–Trinajstić information content (AvgIpc) is 3.25. The lowest BCUT2D eigenvalue weighted by Gasteiger charge is -2.10. The van der Waals surface area contributed by atoms with Crippen molar-refractivity contribution >= 4 is 27.4 Å². The second kappa shape index (κ2) is 10.2. The standard InChI is InChI=1S/C26H22N2O4S/c1-3-5-18(13-25(29)30)19-8-10-24(28-14-19)32-15-17-7-9-23-21(12-17)22(16-33-23)20-6-4-11-27-26(20)31-2/h4,6-12,14,16,18H,13,15H2,1-2H3,(H,29,30)/t18-/m0/s1. The highest BCUT2D eigenvalue weighted by molar-refractivity contribution is 7.17. The first-order valence-electron chi connectivity index (χ1n) is 10.3. The molecule has 0 amide bonds. The number of ether oxygens (including phenoxy) is 2. The van der Waals surface area contributed by atoms with Crippen molar-refractivity contribution < 1.29 is 19.4 Å². The van der Waals surface area contributed by atoms with Gasteiger partial charge in [0.1, 0.15) is 6.61 Å². The van der Waals surface area contributed by atoms with Crippen LogP contribution in [0.1, 0.15) is 30.4 Å². The fraction of sp³-hybridized carbons (Fsp3) is 0.192. The monoisotopic (exact) mass is 458 g/mol. The van der Waals surface area contributed by atoms with Crippen LogP contribution in [0.4, 0.5) is 0 Å². The molecule has 3 heterocycles. The molecule has 0 aliphatic heterocycles. The van der Waals surface area contributed by atoms with Gasteiger partial charge in [0, 0.05) is 39.7 Å². The van der Waals surface area contributed by atoms with Gasteiger partial charge in [-0.2, -0.15) is 0 Å². The number of hydrogen-bond donors (Lipinski definition) is 1. The van der Waals surface area contributed by atoms with Crippen LogP contribution in [0.2, 0.25) is 0 Å². The van der Waals surface area contributed by atoms with E-state index in [0.29, 0.717) is 18.4 Å². The van der Waals surface area contributed by atoms with Gasteiger partial charge in [0.15, 0.2) is 0 Å². The predicted molar refractivity (Wildman–Crippen MR) is 129 cm³/mol. The number of pyridine rings is 2. The van der Waals surface area contributed by atoms with Crippen molar-refractivity contribution in [1.82, 2.24) is 9.97 Å². The van der Waals surface area contributed by atoms with E-state index >= 15 is 0 Å². The van der Waals surface area contributed by atoms with Crippen molar-refractivity contribution in [2.45, 2.75) is 25.9 Å². The number of rotatable bonds is 8. The van der Waals surface area contributed by atoms with Crippen molar-refractivity contribution in [1.29, 1.82) is 0 Å². The van der Waals surface area contributed by atoms with Crippen LogP contribution in [0.5, 0.6) is 11.8 Å². The summed E-state index contributed by atoms with van der Waals surface area (Å²) in [7, 11) is 1.62. The van der Waals surface area contributed by atoms with Crippen LogP contribution in [0, 0.1) is 11.8 Å². The summed E-state index contributed by atoms with van der Waals surface area (Å²) >= 11 is 1.67. The molecule has 4 aromatic rings. The topological polar surface area (TPSA) is 81.5 Å². The molecule has 4 rings (SSSR count). The largest absolute Gasteiger partial charge is 0.481 e. The molecule has 0 saturated carbocycles. The summed E-state index contributed by atoms with van der Waals surface area (Å²) in [4.78, 5) is 19.7. The van der Waals surface area contributed by atoms with Gasteiger partial charge >= 0.3 is 5.97 Å². The van der Waals surface area contributed by atoms with Crippen LogP contribution in [0.25, 0.3) is 21.2 Å². The predicted octanol–water partition coefficient (Wildman–Crippen LogP) is 5.53. The summed E-state index contributed by atoms with van der Waals surface area (Å²) in [6.45, 7) is 2.05. The first-order valence-corrected chi connectivity index (χ1v) is 11.2. The van der Waals surface area contributed by atoms with Crippen molar-refractivity contribution in [3.05, 3.63) is 71.4 Å². The summed E-state index contributed by atoms with van der Waals surface area (Å²) in [6, 6.07) is 13.7. The molecule has 166 valence electrons. The van der Waals surface area contributed by atoms with E-state index in [2.05, 4.69) is 39.3 Å². The Morgan fingerprint density at radius 1 is 1.18 bits per heavy atom. The minimum Gasteiger partial charge on any atom is -0.481 e. The summed E-state index contributed by atoms with van der Waals surface area (Å²) in [5.74, 6) is 5.49. The van der Waals surface area contributed by atoms with Gasteiger partial charge in [0.25, 0.3) is 0 Å². The number of aliphatic carboxylic acids is 1. The van der Waals surface area contributed by atoms with Crippen LogP contribution in [-0.2, 0) is 11.4 Å². The molecule has 0 spiro atoms. The highest BCUT2D eigenvalue weighted by atomic mass is 32.1. The van der Waals surface area contributed by atoms with Gasteiger partial charge in [-0.05, 0) is 47.7 Å². The number of benzene rings is 1. The first-order chi connectivity index (χ1) is 16.1. The zero-order chi connectivity index (χ0) is 23.2. The van der Waals surface area contributed by atoms with Crippen LogP contribution in [0.3, 0.4) is 0 Å². The molecular formula is C26H22N2O4S. The highest BCUT2D eigenvalue weighted by Crippen LogP contribution is 2.38. The van der Waals surface area contributed by atoms with E-state index in [9.17, 15) is 4.79 Å². The quantitative estimate of drug-likeness (QED) is 0.350. The molecule has 6 nitrogen and oxygen atoms in total. The second-order valence-corrected chi connectivity index (χ2v) is 8.21. The number of thiophene rings is 1. The molecule has 0 radical (unpaired) electrons. The van der Waals surface area contributed by atoms with Crippen LogP contribution >= 0.6 is 11.3 Å². The molecule has 0 aliphatic rings. The molecule has 1 N–H and O–H groups in total. The van der Waals surface area contributed by atoms with Crippen LogP contribution in [-0.4, -0.2) is 28.2 Å². The molecule has 3 aromatic heterocycles. The maximum Gasteiger partial charge on any atom is 0.304 e. The zero-order valence-electron chi connectivity index (χ0n) is 18.2. The summed E-state index contributed by atoms with van der Waals surface area (Å²) in [5, 5.41) is 12.3. The lowest BCUT2D eigenvalue weighted by Crippen LogP contribution is -2.05. The van der Waals surface area contributed by atoms with Crippen LogP contribution < -0.4 is 9.47 Å². The SMILES string of the molecule is CC#C[C@@H](CC(=O)O)c1ccc(OCc2ccc3scc(-c4cccnc4OC)c3c2)nc1. The van der Waals surface area contributed by atoms with E-state index < -0.39 is 11.9 Å². The van der Waals surface area contributed by atoms with Gasteiger partial charge in [-0.25, -0.2) is 9.97 Å². The molecule has 0 unspecified atom stereocenters. The van der Waals surface area contributed by atoms with Crippen LogP contribution in [0.15, 0.2) is 60.2 Å². The van der Waals surface area contributed by atoms with E-state index in [0.717, 1.165) is 27.6 Å². The van der Waals surface area contributed by atoms with Gasteiger partial charge in [0.2, 0.25) is 11.8 Å². The van der Waals surface area contributed by atoms with E-state index in [4.69, 9.17) is 14.6 Å². The van der Waals surface area contributed by atoms with E-state index in [1.54, 1.807) is 43.8 Å². The molecule has 33 heavy (non-hydrogen) atoms. The molecule has 0 fully saturated rings. The van der Waals surface area contributed by atoms with E-state index in [1.165, 1.54) is 4.70 Å². The molecular weight excluding hydrogens is 436 g/mol. The van der Waals surface area contributed by atoms with Crippen molar-refractivity contribution in [2.24, 2.45) is 0 Å². The van der Waals surface area contributed by atoms with Gasteiger partial charge in [-0.15, -0.1) is 17.3 Å². The fourth-order valence-electron chi connectivity index (χ4n) is 3.57. The number of carbonyl (C=O) groups is 1. The Bertz CT molecular complexity index is 1340. The molecule has 1 atom stereocenters. The summed E-state index contributed by atoms with van der Waals surface area (Å²) < 4.78 is 12.5. The lowest BCUT2D eigenvalue weighted by atomic mass is 9.98. The maximum atomic E-state index is 11.1. The smallest absolute Gasteiger partial charge is 0.304 e. The Hall–Kier alpha value is -3.89. The fourth-order valence-corrected chi connectivity index (χ4v) is 4.52. The highest BCUT2D eigenvalue weighted by Gasteiger charge is 2.15. The molecule has 0 aliphatic carbocycles. The Labute approximate surface area is 195 Å². The summed E-state index contributed by atoms with van der Waals surface area (Å²) in [5.41, 5.74) is 3.80. The molecule has 0 bridgehead atoms. The van der Waals surface area contributed by atoms with Gasteiger partial charge in [0.05, 0.1) is 19.4 Å². The Balaban J connectivity index is 1.52. The molecule has 1 aromatic carbocycles. The number of carboxylic acids is 1. The number of hydrogen-bond acceptors (Lipinski definition) is 6. The van der Waals surface area contributed by atoms with E-state index in [-0.39, 0.29) is 6.42 Å². The Morgan fingerprint density at radius 3 is 2.79 bits per heavy atom. The van der Waals surface area contributed by atoms with Gasteiger partial charge in [-0.3, -0.25) is 4.79 Å². The number of nitrogens with zero attached hydrogens (tertiary/aromatic N) is 2. The number of methoxy groups -OCH3 is 1. The normalized spacial score (nSPS) is 11.5. The average molecular weight is 459 g/mol. The Kier molecular flexibility index (Phi) is 6.86. The van der Waals surface area contributed by atoms with Gasteiger partial charge in [-0.1, -0.05) is 18.1 Å². The third-order valence-corrected chi connectivity index (χ3v) is 6.10. The minimum atomic E-state index is -0.893. The third-order valence-electron chi connectivity index (χ3n) is 5.14. The van der Waals surface area contributed by atoms with Crippen molar-refractivity contribution in [3.8, 4) is 34.7 Å². The first kappa shape index (κ1) is 22.3. The second-order valence-electron chi connectivity index (χ2n) is 7.30. The minimum absolute atomic E-state index is 0.0621. The number of aromatic nitrogens is 2. The van der Waals surface area contributed by atoms with Crippen molar-refractivity contribution in [3.63, 3.8) is 0 Å². The lowest BCUT2D eigenvalue weighted by molar-refractivity contribution is -0.137. The maximum absolute atomic E-state index is 11.1. The van der Waals surface area contributed by atoms with Gasteiger partial charge < -0.3 is 14.6 Å². The Morgan fingerprint density at radius 2 is 2.06 bits per heavy atom. The number of carboxylic acid groups (broad SMARTS) is 1. The van der Waals surface area contributed by atoms with Crippen molar-refractivity contribution in [2.75, 3.05) is 7.11 Å². The molecule has 0 saturated heterocycles. The van der Waals surface area contributed by atoms with E-state index in [1.807, 2.05) is 24.3 Å². The molecule has 7 heteroatoms.